The summed E-state index contributed by atoms with van der Waals surface area (Å²) in [7, 11) is 1.41. The van der Waals surface area contributed by atoms with Gasteiger partial charge in [-0.1, -0.05) is 38.8 Å². The zero-order valence-electron chi connectivity index (χ0n) is 17.1. The van der Waals surface area contributed by atoms with Crippen LogP contribution in [0, 0.1) is 17.8 Å². The molecule has 0 aromatic heterocycles. The predicted octanol–water partition coefficient (Wildman–Crippen LogP) is 3.46. The second-order valence-corrected chi connectivity index (χ2v) is 7.20. The van der Waals surface area contributed by atoms with Gasteiger partial charge in [0, 0.05) is 32.2 Å². The SMILES string of the molecule is CCC#CC[C@@H](C)[C@H](O)C=CC1CCC(=O)N1CCCCCCC(=O)OC. The van der Waals surface area contributed by atoms with Crippen molar-refractivity contribution in [2.24, 2.45) is 5.92 Å². The highest BCUT2D eigenvalue weighted by molar-refractivity contribution is 5.79. The Labute approximate surface area is 164 Å². The molecule has 0 aliphatic carbocycles. The van der Waals surface area contributed by atoms with E-state index in [1.165, 1.54) is 7.11 Å². The second kappa shape index (κ2) is 13.4. The zero-order valence-corrected chi connectivity index (χ0v) is 17.1. The maximum Gasteiger partial charge on any atom is 0.305 e. The quantitative estimate of drug-likeness (QED) is 0.259. The lowest BCUT2D eigenvalue weighted by Gasteiger charge is -2.23. The predicted molar refractivity (Wildman–Crippen MR) is 107 cm³/mol. The third kappa shape index (κ3) is 9.10. The number of aliphatic hydroxyl groups excluding tert-OH is 1. The summed E-state index contributed by atoms with van der Waals surface area (Å²) in [6.07, 6.45) is 10.4. The lowest BCUT2D eigenvalue weighted by atomic mass is 10.00. The van der Waals surface area contributed by atoms with Crippen molar-refractivity contribution in [2.75, 3.05) is 13.7 Å². The van der Waals surface area contributed by atoms with Crippen molar-refractivity contribution in [3.8, 4) is 11.8 Å². The van der Waals surface area contributed by atoms with Gasteiger partial charge in [-0.15, -0.1) is 11.8 Å². The van der Waals surface area contributed by atoms with Crippen LogP contribution < -0.4 is 0 Å². The van der Waals surface area contributed by atoms with Crippen molar-refractivity contribution in [1.82, 2.24) is 4.90 Å². The van der Waals surface area contributed by atoms with Crippen molar-refractivity contribution in [3.05, 3.63) is 12.2 Å². The van der Waals surface area contributed by atoms with Crippen LogP contribution in [-0.4, -0.2) is 47.7 Å². The number of hydrogen-bond acceptors (Lipinski definition) is 4. The van der Waals surface area contributed by atoms with Crippen LogP contribution in [0.4, 0.5) is 0 Å². The smallest absolute Gasteiger partial charge is 0.305 e. The first-order valence-electron chi connectivity index (χ1n) is 10.2. The van der Waals surface area contributed by atoms with Crippen LogP contribution in [-0.2, 0) is 14.3 Å². The number of methoxy groups -OCH3 is 1. The Morgan fingerprint density at radius 1 is 1.33 bits per heavy atom. The number of rotatable bonds is 11. The van der Waals surface area contributed by atoms with Gasteiger partial charge in [-0.25, -0.2) is 0 Å². The molecule has 0 radical (unpaired) electrons. The van der Waals surface area contributed by atoms with Gasteiger partial charge in [0.25, 0.3) is 0 Å². The molecule has 5 heteroatoms. The van der Waals surface area contributed by atoms with Crippen molar-refractivity contribution in [3.63, 3.8) is 0 Å². The molecule has 1 aliphatic heterocycles. The van der Waals surface area contributed by atoms with Gasteiger partial charge in [0.2, 0.25) is 5.91 Å². The molecule has 0 spiro atoms. The van der Waals surface area contributed by atoms with Gasteiger partial charge >= 0.3 is 5.97 Å². The maximum atomic E-state index is 12.1. The number of carbonyl (C=O) groups is 2. The average molecular weight is 378 g/mol. The van der Waals surface area contributed by atoms with E-state index in [-0.39, 0.29) is 23.8 Å². The summed E-state index contributed by atoms with van der Waals surface area (Å²) >= 11 is 0. The van der Waals surface area contributed by atoms with Gasteiger partial charge in [-0.3, -0.25) is 9.59 Å². The molecule has 1 saturated heterocycles. The molecular weight excluding hydrogens is 342 g/mol. The van der Waals surface area contributed by atoms with Crippen molar-refractivity contribution in [2.45, 2.75) is 83.8 Å². The molecule has 5 nitrogen and oxygen atoms in total. The minimum Gasteiger partial charge on any atom is -0.469 e. The van der Waals surface area contributed by atoms with E-state index in [2.05, 4.69) is 16.6 Å². The molecule has 1 rings (SSSR count). The standard InChI is InChI=1S/C22H35NO4/c1-4-5-8-11-18(2)20(24)15-13-19-14-16-21(25)23(19)17-10-7-6-9-12-22(26)27-3/h13,15,18-20,24H,4,6-7,9-12,14,16-17H2,1-3H3/t18-,19?,20-/m1/s1. The van der Waals surface area contributed by atoms with Crippen molar-refractivity contribution in [1.29, 1.82) is 0 Å². The molecule has 3 atom stereocenters. The van der Waals surface area contributed by atoms with Gasteiger partial charge in [-0.2, -0.15) is 0 Å². The number of likely N-dealkylation sites (tertiary alicyclic amines) is 1. The number of unbranched alkanes of at least 4 members (excludes halogenated alkanes) is 3. The van der Waals surface area contributed by atoms with Crippen LogP contribution in [0.3, 0.4) is 0 Å². The normalized spacial score (nSPS) is 19.0. The van der Waals surface area contributed by atoms with Crippen LogP contribution in [0.1, 0.15) is 71.6 Å². The molecule has 0 aromatic rings. The van der Waals surface area contributed by atoms with E-state index >= 15 is 0 Å². The first kappa shape index (κ1) is 23.2. The summed E-state index contributed by atoms with van der Waals surface area (Å²) < 4.78 is 4.63. The van der Waals surface area contributed by atoms with Crippen molar-refractivity contribution >= 4 is 11.9 Å². The van der Waals surface area contributed by atoms with E-state index in [1.807, 2.05) is 30.9 Å². The highest BCUT2D eigenvalue weighted by Crippen LogP contribution is 2.22. The topological polar surface area (TPSA) is 66.8 Å². The summed E-state index contributed by atoms with van der Waals surface area (Å²) in [5.41, 5.74) is 0. The summed E-state index contributed by atoms with van der Waals surface area (Å²) in [4.78, 5) is 25.1. The molecule has 1 N–H and O–H groups in total. The fraction of sp³-hybridized carbons (Fsp3) is 0.727. The lowest BCUT2D eigenvalue weighted by Crippen LogP contribution is -2.33. The molecule has 0 saturated carbocycles. The van der Waals surface area contributed by atoms with E-state index in [4.69, 9.17) is 0 Å². The van der Waals surface area contributed by atoms with Gasteiger partial charge in [-0.05, 0) is 25.2 Å². The van der Waals surface area contributed by atoms with Crippen molar-refractivity contribution < 1.29 is 19.4 Å². The number of aliphatic hydroxyl groups is 1. The van der Waals surface area contributed by atoms with E-state index in [1.54, 1.807) is 0 Å². The summed E-state index contributed by atoms with van der Waals surface area (Å²) in [6, 6.07) is 0.0798. The molecule has 1 heterocycles. The van der Waals surface area contributed by atoms with Gasteiger partial charge in [0.1, 0.15) is 0 Å². The molecule has 1 amide bonds. The molecule has 152 valence electrons. The van der Waals surface area contributed by atoms with E-state index < -0.39 is 6.10 Å². The molecule has 0 bridgehead atoms. The summed E-state index contributed by atoms with van der Waals surface area (Å²) in [6.45, 7) is 4.74. The van der Waals surface area contributed by atoms with E-state index in [9.17, 15) is 14.7 Å². The minimum absolute atomic E-state index is 0.0798. The maximum absolute atomic E-state index is 12.1. The third-order valence-corrected chi connectivity index (χ3v) is 4.97. The van der Waals surface area contributed by atoms with E-state index in [0.29, 0.717) is 19.3 Å². The zero-order chi connectivity index (χ0) is 20.1. The van der Waals surface area contributed by atoms with E-state index in [0.717, 1.165) is 45.1 Å². The van der Waals surface area contributed by atoms with Crippen LogP contribution in [0.25, 0.3) is 0 Å². The number of esters is 1. The first-order valence-corrected chi connectivity index (χ1v) is 10.2. The highest BCUT2D eigenvalue weighted by Gasteiger charge is 2.28. The van der Waals surface area contributed by atoms with Gasteiger partial charge < -0.3 is 14.7 Å². The Morgan fingerprint density at radius 2 is 2.07 bits per heavy atom. The van der Waals surface area contributed by atoms with Gasteiger partial charge in [0.05, 0.1) is 19.3 Å². The number of amides is 1. The average Bonchev–Trinajstić information content (AvgIpc) is 3.02. The monoisotopic (exact) mass is 377 g/mol. The Hall–Kier alpha value is -1.80. The summed E-state index contributed by atoms with van der Waals surface area (Å²) in [5.74, 6) is 6.22. The fourth-order valence-corrected chi connectivity index (χ4v) is 3.16. The Morgan fingerprint density at radius 3 is 2.78 bits per heavy atom. The molecule has 1 aliphatic rings. The molecule has 0 aromatic carbocycles. The second-order valence-electron chi connectivity index (χ2n) is 7.20. The highest BCUT2D eigenvalue weighted by atomic mass is 16.5. The van der Waals surface area contributed by atoms with Crippen LogP contribution in [0.5, 0.6) is 0 Å². The number of ether oxygens (including phenoxy) is 1. The largest absolute Gasteiger partial charge is 0.469 e. The molecule has 27 heavy (non-hydrogen) atoms. The van der Waals surface area contributed by atoms with Crippen LogP contribution in [0.15, 0.2) is 12.2 Å². The van der Waals surface area contributed by atoms with Crippen LogP contribution in [0.2, 0.25) is 0 Å². The number of nitrogens with zero attached hydrogens (tertiary/aromatic N) is 1. The lowest BCUT2D eigenvalue weighted by molar-refractivity contribution is -0.140. The molecule has 1 unspecified atom stereocenters. The molecular formula is C22H35NO4. The number of hydrogen-bond donors (Lipinski definition) is 1. The summed E-state index contributed by atoms with van der Waals surface area (Å²) in [5, 5.41) is 10.3. The Bertz CT molecular complexity index is 546. The van der Waals surface area contributed by atoms with Gasteiger partial charge in [0.15, 0.2) is 0 Å². The first-order chi connectivity index (χ1) is 13.0. The van der Waals surface area contributed by atoms with Crippen LogP contribution >= 0.6 is 0 Å². The fourth-order valence-electron chi connectivity index (χ4n) is 3.16. The Kier molecular flexibility index (Phi) is 11.5. The number of carbonyl (C=O) groups excluding carboxylic acids is 2. The molecule has 1 fully saturated rings. The third-order valence-electron chi connectivity index (χ3n) is 4.97. The minimum atomic E-state index is -0.535. The Balaban J connectivity index is 2.37.